The number of nitrogens with zero attached hydrogens (tertiary/aromatic N) is 4. The van der Waals surface area contributed by atoms with E-state index in [-0.39, 0.29) is 12.4 Å². The third kappa shape index (κ3) is 2.47. The number of rotatable bonds is 3. The van der Waals surface area contributed by atoms with Crippen LogP contribution >= 0.6 is 0 Å². The Labute approximate surface area is 121 Å². The van der Waals surface area contributed by atoms with Crippen LogP contribution in [0.5, 0.6) is 0 Å². The first-order valence-electron chi connectivity index (χ1n) is 6.52. The van der Waals surface area contributed by atoms with Crippen LogP contribution in [0.1, 0.15) is 11.1 Å². The molecule has 3 rings (SSSR count). The number of nitrogen functional groups attached to an aromatic ring is 1. The van der Waals surface area contributed by atoms with Crippen molar-refractivity contribution in [1.29, 1.82) is 0 Å². The Morgan fingerprint density at radius 3 is 2.71 bits per heavy atom. The molecule has 0 aliphatic rings. The molecule has 106 valence electrons. The first-order valence-corrected chi connectivity index (χ1v) is 6.52. The van der Waals surface area contributed by atoms with Crippen LogP contribution in [-0.2, 0) is 6.54 Å². The van der Waals surface area contributed by atoms with Crippen molar-refractivity contribution >= 4 is 5.69 Å². The maximum Gasteiger partial charge on any atom is 0.184 e. The lowest BCUT2D eigenvalue weighted by molar-refractivity contribution is 0.579. The van der Waals surface area contributed by atoms with Gasteiger partial charge in [0.15, 0.2) is 5.82 Å². The molecule has 0 unspecified atom stereocenters. The number of benzene rings is 2. The molecular weight excluding hydrogens is 269 g/mol. The first-order chi connectivity index (χ1) is 10.2. The number of tetrazole rings is 1. The van der Waals surface area contributed by atoms with E-state index in [0.717, 1.165) is 11.1 Å². The Hall–Kier alpha value is -2.76. The predicted molar refractivity (Wildman–Crippen MR) is 77.9 cm³/mol. The van der Waals surface area contributed by atoms with Gasteiger partial charge in [-0.1, -0.05) is 30.3 Å². The van der Waals surface area contributed by atoms with Gasteiger partial charge in [0, 0.05) is 16.8 Å². The van der Waals surface area contributed by atoms with Gasteiger partial charge in [0.2, 0.25) is 0 Å². The van der Waals surface area contributed by atoms with Crippen molar-refractivity contribution in [2.24, 2.45) is 0 Å². The summed E-state index contributed by atoms with van der Waals surface area (Å²) in [5.41, 5.74) is 8.89. The van der Waals surface area contributed by atoms with E-state index in [4.69, 9.17) is 5.73 Å². The van der Waals surface area contributed by atoms with Gasteiger partial charge < -0.3 is 5.73 Å². The molecule has 2 N–H and O–H groups in total. The highest BCUT2D eigenvalue weighted by atomic mass is 19.1. The number of aromatic nitrogens is 4. The second-order valence-corrected chi connectivity index (χ2v) is 4.79. The van der Waals surface area contributed by atoms with Crippen LogP contribution in [0.4, 0.5) is 10.1 Å². The van der Waals surface area contributed by atoms with Gasteiger partial charge in [-0.25, -0.2) is 9.07 Å². The number of hydrogen-bond acceptors (Lipinski definition) is 4. The second kappa shape index (κ2) is 5.32. The van der Waals surface area contributed by atoms with E-state index in [0.29, 0.717) is 17.1 Å². The summed E-state index contributed by atoms with van der Waals surface area (Å²) in [6.07, 6.45) is 0. The monoisotopic (exact) mass is 283 g/mol. The minimum absolute atomic E-state index is 0.253. The van der Waals surface area contributed by atoms with Gasteiger partial charge in [-0.05, 0) is 35.0 Å². The highest BCUT2D eigenvalue weighted by Gasteiger charge is 2.15. The van der Waals surface area contributed by atoms with Crippen molar-refractivity contribution in [2.75, 3.05) is 5.73 Å². The SMILES string of the molecule is Cc1cccc(N)c1-c1nnnn1Cc1ccccc1F. The number of hydrogen-bond donors (Lipinski definition) is 1. The molecule has 0 amide bonds. The number of halogens is 1. The van der Waals surface area contributed by atoms with Gasteiger partial charge in [-0.2, -0.15) is 0 Å². The fourth-order valence-corrected chi connectivity index (χ4v) is 2.27. The summed E-state index contributed by atoms with van der Waals surface area (Å²) in [5.74, 6) is 0.255. The Bertz CT molecular complexity index is 761. The molecule has 0 atom stereocenters. The summed E-state index contributed by atoms with van der Waals surface area (Å²) >= 11 is 0. The quantitative estimate of drug-likeness (QED) is 0.749. The number of aryl methyl sites for hydroxylation is 1. The molecule has 3 aromatic rings. The van der Waals surface area contributed by atoms with Crippen molar-refractivity contribution in [3.8, 4) is 11.4 Å². The third-order valence-electron chi connectivity index (χ3n) is 3.34. The molecule has 21 heavy (non-hydrogen) atoms. The maximum absolute atomic E-state index is 13.8. The molecule has 0 fully saturated rings. The summed E-state index contributed by atoms with van der Waals surface area (Å²) in [6, 6.07) is 12.2. The van der Waals surface area contributed by atoms with E-state index < -0.39 is 0 Å². The van der Waals surface area contributed by atoms with Gasteiger partial charge in [0.05, 0.1) is 6.54 Å². The Balaban J connectivity index is 2.04. The van der Waals surface area contributed by atoms with Crippen LogP contribution in [-0.4, -0.2) is 20.2 Å². The highest BCUT2D eigenvalue weighted by molar-refractivity contribution is 5.74. The molecule has 0 bridgehead atoms. The maximum atomic E-state index is 13.8. The average molecular weight is 283 g/mol. The average Bonchev–Trinajstić information content (AvgIpc) is 2.89. The molecule has 2 aromatic carbocycles. The van der Waals surface area contributed by atoms with Gasteiger partial charge in [0.1, 0.15) is 5.82 Å². The topological polar surface area (TPSA) is 69.6 Å². The molecule has 6 heteroatoms. The van der Waals surface area contributed by atoms with Crippen molar-refractivity contribution in [2.45, 2.75) is 13.5 Å². The highest BCUT2D eigenvalue weighted by Crippen LogP contribution is 2.27. The second-order valence-electron chi connectivity index (χ2n) is 4.79. The minimum Gasteiger partial charge on any atom is -0.398 e. The summed E-state index contributed by atoms with van der Waals surface area (Å²) in [6.45, 7) is 2.19. The lowest BCUT2D eigenvalue weighted by Gasteiger charge is -2.10. The van der Waals surface area contributed by atoms with Crippen molar-refractivity contribution in [1.82, 2.24) is 20.2 Å². The molecular formula is C15H14FN5. The predicted octanol–water partition coefficient (Wildman–Crippen LogP) is 2.42. The van der Waals surface area contributed by atoms with E-state index in [1.165, 1.54) is 6.07 Å². The van der Waals surface area contributed by atoms with Crippen LogP contribution in [0.2, 0.25) is 0 Å². The molecule has 1 heterocycles. The van der Waals surface area contributed by atoms with Gasteiger partial charge >= 0.3 is 0 Å². The molecule has 0 aliphatic carbocycles. The van der Waals surface area contributed by atoms with Gasteiger partial charge in [-0.15, -0.1) is 5.10 Å². The summed E-state index contributed by atoms with van der Waals surface area (Å²) < 4.78 is 15.3. The van der Waals surface area contributed by atoms with Crippen LogP contribution in [0.3, 0.4) is 0 Å². The van der Waals surface area contributed by atoms with Crippen molar-refractivity contribution in [3.05, 3.63) is 59.4 Å². The fraction of sp³-hybridized carbons (Fsp3) is 0.133. The molecule has 0 spiro atoms. The van der Waals surface area contributed by atoms with Crippen LogP contribution in [0.15, 0.2) is 42.5 Å². The van der Waals surface area contributed by atoms with Gasteiger partial charge in [-0.3, -0.25) is 0 Å². The first kappa shape index (κ1) is 13.2. The molecule has 0 radical (unpaired) electrons. The number of nitrogens with two attached hydrogens (primary N) is 1. The zero-order valence-electron chi connectivity index (χ0n) is 11.5. The summed E-state index contributed by atoms with van der Waals surface area (Å²) in [4.78, 5) is 0. The van der Waals surface area contributed by atoms with E-state index in [2.05, 4.69) is 15.5 Å². The molecule has 0 saturated carbocycles. The zero-order valence-corrected chi connectivity index (χ0v) is 11.5. The lowest BCUT2D eigenvalue weighted by atomic mass is 10.1. The van der Waals surface area contributed by atoms with E-state index in [9.17, 15) is 4.39 Å². The largest absolute Gasteiger partial charge is 0.398 e. The molecule has 5 nitrogen and oxygen atoms in total. The van der Waals surface area contributed by atoms with E-state index >= 15 is 0 Å². The Morgan fingerprint density at radius 2 is 1.95 bits per heavy atom. The van der Waals surface area contributed by atoms with Crippen molar-refractivity contribution < 1.29 is 4.39 Å². The molecule has 0 saturated heterocycles. The lowest BCUT2D eigenvalue weighted by Crippen LogP contribution is -2.07. The minimum atomic E-state index is -0.281. The fourth-order valence-electron chi connectivity index (χ4n) is 2.27. The van der Waals surface area contributed by atoms with Crippen LogP contribution in [0.25, 0.3) is 11.4 Å². The standard InChI is InChI=1S/C15H14FN5/c1-10-5-4-8-13(17)14(10)15-18-19-20-21(15)9-11-6-2-3-7-12(11)16/h2-8H,9,17H2,1H3. The van der Waals surface area contributed by atoms with Gasteiger partial charge in [0.25, 0.3) is 0 Å². The normalized spacial score (nSPS) is 10.8. The summed E-state index contributed by atoms with van der Waals surface area (Å²) in [5, 5.41) is 11.7. The molecule has 0 aliphatic heterocycles. The van der Waals surface area contributed by atoms with Crippen LogP contribution in [0, 0.1) is 12.7 Å². The third-order valence-corrected chi connectivity index (χ3v) is 3.34. The van der Waals surface area contributed by atoms with E-state index in [1.807, 2.05) is 19.1 Å². The van der Waals surface area contributed by atoms with Crippen molar-refractivity contribution in [3.63, 3.8) is 0 Å². The Morgan fingerprint density at radius 1 is 1.14 bits per heavy atom. The van der Waals surface area contributed by atoms with Crippen LogP contribution < -0.4 is 5.73 Å². The molecule has 1 aromatic heterocycles. The summed E-state index contributed by atoms with van der Waals surface area (Å²) in [7, 11) is 0. The Kier molecular flexibility index (Phi) is 3.35. The smallest absolute Gasteiger partial charge is 0.184 e. The van der Waals surface area contributed by atoms with E-state index in [1.54, 1.807) is 28.9 Å². The zero-order chi connectivity index (χ0) is 14.8. The number of anilines is 1.